The van der Waals surface area contributed by atoms with Gasteiger partial charge in [-0.25, -0.2) is 13.1 Å². The molecule has 21 heavy (non-hydrogen) atoms. The molecule has 1 atom stereocenters. The Kier molecular flexibility index (Phi) is 7.30. The van der Waals surface area contributed by atoms with E-state index in [1.807, 2.05) is 20.8 Å². The smallest absolute Gasteiger partial charge is 0.258 e. The zero-order chi connectivity index (χ0) is 15.9. The number of aromatic amines is 1. The molecule has 0 saturated heterocycles. The molecule has 122 valence electrons. The SMILES string of the molecule is CCCC(COC)NS(=O)(=O)c1[nH]ncc1CNC(C)C. The van der Waals surface area contributed by atoms with Crippen LogP contribution in [-0.4, -0.2) is 44.4 Å². The molecule has 7 nitrogen and oxygen atoms in total. The van der Waals surface area contributed by atoms with E-state index in [0.717, 1.165) is 12.8 Å². The molecule has 0 aromatic carbocycles. The van der Waals surface area contributed by atoms with Crippen LogP contribution in [-0.2, 0) is 21.3 Å². The van der Waals surface area contributed by atoms with E-state index < -0.39 is 10.0 Å². The quantitative estimate of drug-likeness (QED) is 0.598. The van der Waals surface area contributed by atoms with Gasteiger partial charge in [-0.15, -0.1) is 0 Å². The van der Waals surface area contributed by atoms with Gasteiger partial charge in [0.2, 0.25) is 0 Å². The fourth-order valence-electron chi connectivity index (χ4n) is 1.98. The third-order valence-corrected chi connectivity index (χ3v) is 4.51. The third kappa shape index (κ3) is 5.74. The van der Waals surface area contributed by atoms with Gasteiger partial charge in [0, 0.05) is 31.3 Å². The first-order valence-electron chi connectivity index (χ1n) is 7.17. The summed E-state index contributed by atoms with van der Waals surface area (Å²) in [6.45, 7) is 6.81. The van der Waals surface area contributed by atoms with Crippen LogP contribution in [0, 0.1) is 0 Å². The van der Waals surface area contributed by atoms with Crippen molar-refractivity contribution in [3.63, 3.8) is 0 Å². The fourth-order valence-corrected chi connectivity index (χ4v) is 3.36. The second-order valence-corrected chi connectivity index (χ2v) is 6.97. The van der Waals surface area contributed by atoms with Gasteiger partial charge in [0.1, 0.15) is 0 Å². The summed E-state index contributed by atoms with van der Waals surface area (Å²) < 4.78 is 32.6. The Morgan fingerprint density at radius 1 is 1.43 bits per heavy atom. The monoisotopic (exact) mass is 318 g/mol. The number of hydrogen-bond acceptors (Lipinski definition) is 5. The van der Waals surface area contributed by atoms with Crippen molar-refractivity contribution in [3.8, 4) is 0 Å². The average molecular weight is 318 g/mol. The number of methoxy groups -OCH3 is 1. The highest BCUT2D eigenvalue weighted by molar-refractivity contribution is 7.89. The lowest BCUT2D eigenvalue weighted by Crippen LogP contribution is -2.38. The van der Waals surface area contributed by atoms with Crippen molar-refractivity contribution in [1.82, 2.24) is 20.2 Å². The topological polar surface area (TPSA) is 96.1 Å². The molecular weight excluding hydrogens is 292 g/mol. The van der Waals surface area contributed by atoms with Crippen molar-refractivity contribution in [1.29, 1.82) is 0 Å². The molecule has 0 spiro atoms. The first-order chi connectivity index (χ1) is 9.90. The number of ether oxygens (including phenoxy) is 1. The molecule has 0 radical (unpaired) electrons. The highest BCUT2D eigenvalue weighted by Crippen LogP contribution is 2.13. The average Bonchev–Trinajstić information content (AvgIpc) is 2.85. The number of nitrogens with zero attached hydrogens (tertiary/aromatic N) is 1. The van der Waals surface area contributed by atoms with Gasteiger partial charge in [0.05, 0.1) is 12.8 Å². The summed E-state index contributed by atoms with van der Waals surface area (Å²) >= 11 is 0. The molecule has 0 bridgehead atoms. The van der Waals surface area contributed by atoms with Gasteiger partial charge < -0.3 is 10.1 Å². The van der Waals surface area contributed by atoms with Gasteiger partial charge in [0.15, 0.2) is 5.03 Å². The lowest BCUT2D eigenvalue weighted by atomic mass is 10.2. The number of H-pyrrole nitrogens is 1. The maximum atomic E-state index is 12.5. The van der Waals surface area contributed by atoms with Gasteiger partial charge in [-0.05, 0) is 6.42 Å². The van der Waals surface area contributed by atoms with Gasteiger partial charge in [-0.1, -0.05) is 27.2 Å². The summed E-state index contributed by atoms with van der Waals surface area (Å²) in [5.41, 5.74) is 0.629. The molecular formula is C13H26N4O3S. The molecule has 0 aliphatic rings. The number of hydrogen-bond donors (Lipinski definition) is 3. The summed E-state index contributed by atoms with van der Waals surface area (Å²) in [5.74, 6) is 0. The largest absolute Gasteiger partial charge is 0.383 e. The van der Waals surface area contributed by atoms with Crippen LogP contribution in [0.25, 0.3) is 0 Å². The fraction of sp³-hybridized carbons (Fsp3) is 0.769. The Morgan fingerprint density at radius 2 is 2.14 bits per heavy atom. The van der Waals surface area contributed by atoms with E-state index in [0.29, 0.717) is 18.7 Å². The Morgan fingerprint density at radius 3 is 2.71 bits per heavy atom. The molecule has 3 N–H and O–H groups in total. The zero-order valence-corrected chi connectivity index (χ0v) is 14.0. The van der Waals surface area contributed by atoms with E-state index >= 15 is 0 Å². The Balaban J connectivity index is 2.84. The summed E-state index contributed by atoms with van der Waals surface area (Å²) in [6, 6.07) is 0.0314. The van der Waals surface area contributed by atoms with Crippen molar-refractivity contribution in [2.45, 2.75) is 57.3 Å². The molecule has 0 amide bonds. The van der Waals surface area contributed by atoms with E-state index in [9.17, 15) is 8.42 Å². The van der Waals surface area contributed by atoms with Crippen LogP contribution in [0.4, 0.5) is 0 Å². The van der Waals surface area contributed by atoms with Crippen LogP contribution in [0.15, 0.2) is 11.2 Å². The number of aromatic nitrogens is 2. The van der Waals surface area contributed by atoms with Gasteiger partial charge in [-0.2, -0.15) is 5.10 Å². The Hall–Kier alpha value is -0.960. The summed E-state index contributed by atoms with van der Waals surface area (Å²) in [4.78, 5) is 0. The van der Waals surface area contributed by atoms with Crippen molar-refractivity contribution in [2.24, 2.45) is 0 Å². The van der Waals surface area contributed by atoms with Crippen LogP contribution in [0.3, 0.4) is 0 Å². The molecule has 0 aliphatic carbocycles. The zero-order valence-electron chi connectivity index (χ0n) is 13.1. The summed E-state index contributed by atoms with van der Waals surface area (Å²) in [5, 5.41) is 9.73. The first-order valence-corrected chi connectivity index (χ1v) is 8.65. The number of sulfonamides is 1. The summed E-state index contributed by atoms with van der Waals surface area (Å²) in [6.07, 6.45) is 3.14. The molecule has 1 unspecified atom stereocenters. The van der Waals surface area contributed by atoms with Crippen molar-refractivity contribution in [2.75, 3.05) is 13.7 Å². The minimum atomic E-state index is -3.63. The number of rotatable bonds is 10. The normalized spacial score (nSPS) is 13.8. The lowest BCUT2D eigenvalue weighted by molar-refractivity contribution is 0.171. The third-order valence-electron chi connectivity index (χ3n) is 2.97. The molecule has 0 aliphatic heterocycles. The maximum Gasteiger partial charge on any atom is 0.258 e. The van der Waals surface area contributed by atoms with E-state index in [2.05, 4.69) is 20.2 Å². The van der Waals surface area contributed by atoms with E-state index in [1.54, 1.807) is 7.11 Å². The summed E-state index contributed by atoms with van der Waals surface area (Å²) in [7, 11) is -2.07. The molecule has 0 saturated carbocycles. The highest BCUT2D eigenvalue weighted by Gasteiger charge is 2.24. The maximum absolute atomic E-state index is 12.5. The molecule has 0 fully saturated rings. The van der Waals surface area contributed by atoms with Crippen LogP contribution >= 0.6 is 0 Å². The molecule has 1 rings (SSSR count). The van der Waals surface area contributed by atoms with Crippen LogP contribution in [0.5, 0.6) is 0 Å². The minimum Gasteiger partial charge on any atom is -0.383 e. The Bertz CT molecular complexity index is 507. The van der Waals surface area contributed by atoms with Crippen molar-refractivity contribution >= 4 is 10.0 Å². The van der Waals surface area contributed by atoms with Gasteiger partial charge >= 0.3 is 0 Å². The predicted octanol–water partition coefficient (Wildman–Crippen LogP) is 1.00. The molecule has 1 aromatic rings. The van der Waals surface area contributed by atoms with Crippen LogP contribution in [0.1, 0.15) is 39.2 Å². The van der Waals surface area contributed by atoms with Crippen molar-refractivity contribution in [3.05, 3.63) is 11.8 Å². The molecule has 1 heterocycles. The van der Waals surface area contributed by atoms with E-state index in [-0.39, 0.29) is 17.1 Å². The molecule has 8 heteroatoms. The second-order valence-electron chi connectivity index (χ2n) is 5.32. The van der Waals surface area contributed by atoms with Gasteiger partial charge in [0.25, 0.3) is 10.0 Å². The lowest BCUT2D eigenvalue weighted by Gasteiger charge is -2.17. The number of nitrogens with one attached hydrogen (secondary N) is 3. The van der Waals surface area contributed by atoms with E-state index in [4.69, 9.17) is 4.74 Å². The predicted molar refractivity (Wildman–Crippen MR) is 81.5 cm³/mol. The second kappa shape index (κ2) is 8.47. The molecule has 1 aromatic heterocycles. The standard InChI is InChI=1S/C13H26N4O3S/c1-5-6-12(9-20-4)17-21(18,19)13-11(8-15-16-13)7-14-10(2)3/h8,10,12,14,17H,5-7,9H2,1-4H3,(H,15,16). The van der Waals surface area contributed by atoms with Crippen molar-refractivity contribution < 1.29 is 13.2 Å². The van der Waals surface area contributed by atoms with Crippen LogP contribution in [0.2, 0.25) is 0 Å². The minimum absolute atomic E-state index is 0.118. The first kappa shape index (κ1) is 18.1. The Labute approximate surface area is 126 Å². The van der Waals surface area contributed by atoms with E-state index in [1.165, 1.54) is 6.20 Å². The van der Waals surface area contributed by atoms with Crippen LogP contribution < -0.4 is 10.0 Å². The van der Waals surface area contributed by atoms with Gasteiger partial charge in [-0.3, -0.25) is 5.10 Å². The highest BCUT2D eigenvalue weighted by atomic mass is 32.2.